The molecule has 0 unspecified atom stereocenters. The van der Waals surface area contributed by atoms with Crippen molar-refractivity contribution in [3.05, 3.63) is 30.3 Å². The van der Waals surface area contributed by atoms with E-state index < -0.39 is 16.9 Å². The van der Waals surface area contributed by atoms with Crippen LogP contribution in [0.5, 0.6) is 0 Å². The first kappa shape index (κ1) is 26.9. The predicted molar refractivity (Wildman–Crippen MR) is 131 cm³/mol. The average molecular weight is 454 g/mol. The van der Waals surface area contributed by atoms with Gasteiger partial charge in [0.2, 0.25) is 0 Å². The van der Waals surface area contributed by atoms with Crippen molar-refractivity contribution in [2.24, 2.45) is 0 Å². The Balaban J connectivity index is 2.73. The quantitative estimate of drug-likeness (QED) is 0.289. The Kier molecular flexibility index (Phi) is 12.6. The zero-order valence-corrected chi connectivity index (χ0v) is 22.0. The van der Waals surface area contributed by atoms with Gasteiger partial charge in [0.05, 0.1) is 6.42 Å². The van der Waals surface area contributed by atoms with Crippen LogP contribution in [0.15, 0.2) is 30.3 Å². The smallest absolute Gasteiger partial charge is 0.334 e. The molecule has 0 fully saturated rings. The molecular formula is C23H43NO4Si2. The highest BCUT2D eigenvalue weighted by molar-refractivity contribution is 6.74. The summed E-state index contributed by atoms with van der Waals surface area (Å²) in [6, 6.07) is 14.2. The standard InChI is InChI=1S/C23H43NO4Si2/c1-7-26-29(6,27-8-2)21-15-19-24(22-16-13-12-14-17-22)20-18-23(25)28-30(9-3,10-4)11-5/h12-14,16-17H,7-11,15,18-21H2,1-6H3. The lowest BCUT2D eigenvalue weighted by molar-refractivity contribution is -0.135. The molecule has 0 aliphatic rings. The molecular weight excluding hydrogens is 410 g/mol. The summed E-state index contributed by atoms with van der Waals surface area (Å²) in [7, 11) is -4.02. The van der Waals surface area contributed by atoms with E-state index in [2.05, 4.69) is 44.4 Å². The molecule has 1 aromatic rings. The molecule has 0 saturated carbocycles. The molecule has 0 radical (unpaired) electrons. The van der Waals surface area contributed by atoms with Gasteiger partial charge in [-0.1, -0.05) is 39.0 Å². The summed E-state index contributed by atoms with van der Waals surface area (Å²) in [5.41, 5.74) is 1.14. The van der Waals surface area contributed by atoms with Gasteiger partial charge in [-0.05, 0) is 63.1 Å². The van der Waals surface area contributed by atoms with Gasteiger partial charge in [-0.2, -0.15) is 0 Å². The Morgan fingerprint density at radius 1 is 0.900 bits per heavy atom. The molecule has 0 spiro atoms. The molecule has 0 aliphatic heterocycles. The van der Waals surface area contributed by atoms with Crippen LogP contribution in [0.3, 0.4) is 0 Å². The van der Waals surface area contributed by atoms with Crippen molar-refractivity contribution in [2.75, 3.05) is 31.2 Å². The molecule has 0 atom stereocenters. The van der Waals surface area contributed by atoms with Crippen molar-refractivity contribution >= 4 is 28.5 Å². The van der Waals surface area contributed by atoms with E-state index in [1.54, 1.807) is 0 Å². The molecule has 0 N–H and O–H groups in total. The maximum Gasteiger partial charge on any atom is 0.334 e. The molecule has 0 amide bonds. The fraction of sp³-hybridized carbons (Fsp3) is 0.696. The molecule has 30 heavy (non-hydrogen) atoms. The van der Waals surface area contributed by atoms with Gasteiger partial charge in [-0.3, -0.25) is 4.79 Å². The molecule has 1 aromatic carbocycles. The first-order valence-corrected chi connectivity index (χ1v) is 16.7. The fourth-order valence-corrected chi connectivity index (χ4v) is 8.79. The number of carbonyl (C=O) groups is 1. The maximum atomic E-state index is 12.6. The van der Waals surface area contributed by atoms with E-state index in [0.717, 1.165) is 42.8 Å². The van der Waals surface area contributed by atoms with E-state index >= 15 is 0 Å². The van der Waals surface area contributed by atoms with Gasteiger partial charge in [-0.15, -0.1) is 0 Å². The Morgan fingerprint density at radius 2 is 1.47 bits per heavy atom. The first-order valence-electron chi connectivity index (χ1n) is 11.7. The lowest BCUT2D eigenvalue weighted by Gasteiger charge is -2.30. The van der Waals surface area contributed by atoms with Gasteiger partial charge in [0.25, 0.3) is 14.3 Å². The van der Waals surface area contributed by atoms with Crippen LogP contribution in [0.1, 0.15) is 47.5 Å². The number of para-hydroxylation sites is 1. The second-order valence-corrected chi connectivity index (χ2v) is 15.9. The molecule has 172 valence electrons. The van der Waals surface area contributed by atoms with Gasteiger partial charge >= 0.3 is 8.56 Å². The van der Waals surface area contributed by atoms with Gasteiger partial charge in [0, 0.05) is 32.0 Å². The highest BCUT2D eigenvalue weighted by Crippen LogP contribution is 2.23. The number of rotatable bonds is 16. The third kappa shape index (κ3) is 8.92. The number of hydrogen-bond donors (Lipinski definition) is 0. The van der Waals surface area contributed by atoms with Crippen molar-refractivity contribution in [2.45, 2.75) is 78.2 Å². The van der Waals surface area contributed by atoms with E-state index in [9.17, 15) is 4.79 Å². The predicted octanol–water partition coefficient (Wildman–Crippen LogP) is 5.97. The van der Waals surface area contributed by atoms with E-state index in [-0.39, 0.29) is 5.97 Å². The Morgan fingerprint density at radius 3 is 1.97 bits per heavy atom. The monoisotopic (exact) mass is 453 g/mol. The third-order valence-corrected chi connectivity index (χ3v) is 13.5. The van der Waals surface area contributed by atoms with Crippen molar-refractivity contribution in [1.82, 2.24) is 0 Å². The van der Waals surface area contributed by atoms with Crippen molar-refractivity contribution in [3.8, 4) is 0 Å². The second-order valence-electron chi connectivity index (χ2n) is 7.89. The number of benzene rings is 1. The van der Waals surface area contributed by atoms with Crippen molar-refractivity contribution in [3.63, 3.8) is 0 Å². The van der Waals surface area contributed by atoms with E-state index in [4.69, 9.17) is 13.3 Å². The lowest BCUT2D eigenvalue weighted by Crippen LogP contribution is -2.40. The number of carbonyl (C=O) groups excluding carboxylic acids is 1. The number of nitrogens with zero attached hydrogens (tertiary/aromatic N) is 1. The summed E-state index contributed by atoms with van der Waals surface area (Å²) in [5.74, 6) is -0.0454. The van der Waals surface area contributed by atoms with Crippen molar-refractivity contribution in [1.29, 1.82) is 0 Å². The molecule has 1 rings (SSSR count). The van der Waals surface area contributed by atoms with Gasteiger partial charge in [-0.25, -0.2) is 0 Å². The minimum Gasteiger partial charge on any atom is -0.519 e. The van der Waals surface area contributed by atoms with Crippen molar-refractivity contribution < 1.29 is 18.1 Å². The Bertz CT molecular complexity index is 582. The Hall–Kier alpha value is -1.16. The normalized spacial score (nSPS) is 12.1. The van der Waals surface area contributed by atoms with Crippen LogP contribution in [-0.4, -0.2) is 49.2 Å². The highest BCUT2D eigenvalue weighted by atomic mass is 28.4. The maximum absolute atomic E-state index is 12.6. The zero-order chi connectivity index (χ0) is 22.5. The zero-order valence-electron chi connectivity index (χ0n) is 20.0. The van der Waals surface area contributed by atoms with Crippen LogP contribution in [0.25, 0.3) is 0 Å². The number of anilines is 1. The van der Waals surface area contributed by atoms with Crippen LogP contribution in [0.4, 0.5) is 5.69 Å². The summed E-state index contributed by atoms with van der Waals surface area (Å²) < 4.78 is 18.0. The summed E-state index contributed by atoms with van der Waals surface area (Å²) in [6.45, 7) is 15.6. The van der Waals surface area contributed by atoms with Crippen LogP contribution in [-0.2, 0) is 18.1 Å². The largest absolute Gasteiger partial charge is 0.519 e. The molecule has 0 heterocycles. The molecule has 5 nitrogen and oxygen atoms in total. The lowest BCUT2D eigenvalue weighted by atomic mass is 10.2. The minimum atomic E-state index is -2.12. The van der Waals surface area contributed by atoms with E-state index in [1.165, 1.54) is 0 Å². The first-order chi connectivity index (χ1) is 14.4. The molecule has 7 heteroatoms. The van der Waals surface area contributed by atoms with Gasteiger partial charge in [0.1, 0.15) is 0 Å². The molecule has 0 aliphatic carbocycles. The van der Waals surface area contributed by atoms with Gasteiger partial charge < -0.3 is 18.2 Å². The SMILES string of the molecule is CCO[Si](C)(CCCN(CCC(=O)O[Si](CC)(CC)CC)c1ccccc1)OCC. The second kappa shape index (κ2) is 14.0. The van der Waals surface area contributed by atoms with E-state index in [1.807, 2.05) is 32.0 Å². The minimum absolute atomic E-state index is 0.0454. The highest BCUT2D eigenvalue weighted by Gasteiger charge is 2.33. The molecule has 0 bridgehead atoms. The summed E-state index contributed by atoms with van der Waals surface area (Å²) >= 11 is 0. The fourth-order valence-electron chi connectivity index (χ4n) is 3.88. The van der Waals surface area contributed by atoms with Gasteiger partial charge in [0.15, 0.2) is 0 Å². The summed E-state index contributed by atoms with van der Waals surface area (Å²) in [5, 5.41) is 0. The van der Waals surface area contributed by atoms with Crippen LogP contribution < -0.4 is 4.90 Å². The summed E-state index contributed by atoms with van der Waals surface area (Å²) in [6.07, 6.45) is 1.40. The topological polar surface area (TPSA) is 48.0 Å². The third-order valence-electron chi connectivity index (χ3n) is 5.93. The van der Waals surface area contributed by atoms with Crippen LogP contribution >= 0.6 is 0 Å². The molecule has 0 saturated heterocycles. The molecule has 0 aromatic heterocycles. The van der Waals surface area contributed by atoms with Crippen LogP contribution in [0.2, 0.25) is 30.7 Å². The number of hydrogen-bond acceptors (Lipinski definition) is 5. The average Bonchev–Trinajstić information content (AvgIpc) is 2.75. The summed E-state index contributed by atoms with van der Waals surface area (Å²) in [4.78, 5) is 14.9. The Labute approximate surface area is 186 Å². The van der Waals surface area contributed by atoms with E-state index in [0.29, 0.717) is 26.2 Å². The van der Waals surface area contributed by atoms with Crippen LogP contribution in [0, 0.1) is 0 Å².